The van der Waals surface area contributed by atoms with Crippen LogP contribution in [-0.2, 0) is 24.8 Å². The van der Waals surface area contributed by atoms with Crippen LogP contribution in [0.15, 0.2) is 76.5 Å². The van der Waals surface area contributed by atoms with Gasteiger partial charge in [-0.05, 0) is 86.0 Å². The summed E-state index contributed by atoms with van der Waals surface area (Å²) in [5.41, 5.74) is 1.20. The van der Waals surface area contributed by atoms with E-state index >= 15 is 0 Å². The molecule has 11 nitrogen and oxygen atoms in total. The minimum Gasteiger partial charge on any atom is -0.497 e. The van der Waals surface area contributed by atoms with Crippen molar-refractivity contribution in [3.63, 3.8) is 0 Å². The van der Waals surface area contributed by atoms with Gasteiger partial charge in [0.15, 0.2) is 6.10 Å². The number of ether oxygens (including phenoxy) is 3. The average molecular weight is 630 g/mol. The number of rotatable bonds is 10. The van der Waals surface area contributed by atoms with Crippen LogP contribution in [-0.4, -0.2) is 73.0 Å². The molecule has 13 heteroatoms. The third-order valence-electron chi connectivity index (χ3n) is 7.37. The summed E-state index contributed by atoms with van der Waals surface area (Å²) in [7, 11) is -6.05. The van der Waals surface area contributed by atoms with Gasteiger partial charge in [-0.3, -0.25) is 9.10 Å². The number of carbonyl (C=O) groups is 1. The van der Waals surface area contributed by atoms with Crippen LogP contribution in [0.25, 0.3) is 0 Å². The van der Waals surface area contributed by atoms with Gasteiger partial charge in [0.2, 0.25) is 10.0 Å². The fourth-order valence-electron chi connectivity index (χ4n) is 5.02. The number of nitrogens with zero attached hydrogens (tertiary/aromatic N) is 2. The van der Waals surface area contributed by atoms with E-state index in [0.29, 0.717) is 36.0 Å². The molecule has 1 fully saturated rings. The van der Waals surface area contributed by atoms with Gasteiger partial charge in [0.05, 0.1) is 35.7 Å². The van der Waals surface area contributed by atoms with Crippen LogP contribution in [0.3, 0.4) is 0 Å². The second-order valence-electron chi connectivity index (χ2n) is 10.4. The van der Waals surface area contributed by atoms with E-state index in [9.17, 15) is 21.6 Å². The van der Waals surface area contributed by atoms with Gasteiger partial charge in [0.25, 0.3) is 15.9 Å². The van der Waals surface area contributed by atoms with Crippen molar-refractivity contribution in [2.24, 2.45) is 0 Å². The monoisotopic (exact) mass is 629 g/mol. The van der Waals surface area contributed by atoms with Gasteiger partial charge in [-0.2, -0.15) is 4.31 Å². The van der Waals surface area contributed by atoms with Crippen LogP contribution in [0.5, 0.6) is 17.2 Å². The average Bonchev–Trinajstić information content (AvgIpc) is 3.03. The Labute approximate surface area is 252 Å². The highest BCUT2D eigenvalue weighted by Crippen LogP contribution is 2.38. The van der Waals surface area contributed by atoms with E-state index in [0.717, 1.165) is 24.8 Å². The quantitative estimate of drug-likeness (QED) is 0.338. The lowest BCUT2D eigenvalue weighted by Gasteiger charge is -2.35. The number of fused-ring (bicyclic) bond motifs is 1. The van der Waals surface area contributed by atoms with Crippen LogP contribution < -0.4 is 23.8 Å². The van der Waals surface area contributed by atoms with Gasteiger partial charge in [-0.1, -0.05) is 12.5 Å². The third-order valence-corrected chi connectivity index (χ3v) is 11.1. The minimum absolute atomic E-state index is 0.0593. The zero-order valence-corrected chi connectivity index (χ0v) is 25.7. The maximum atomic E-state index is 13.6. The molecule has 3 aromatic rings. The predicted molar refractivity (Wildman–Crippen MR) is 161 cm³/mol. The van der Waals surface area contributed by atoms with Crippen molar-refractivity contribution in [1.82, 2.24) is 9.62 Å². The van der Waals surface area contributed by atoms with Crippen molar-refractivity contribution in [2.45, 2.75) is 42.1 Å². The number of hydrogen-bond acceptors (Lipinski definition) is 8. The van der Waals surface area contributed by atoms with Gasteiger partial charge in [0, 0.05) is 13.1 Å². The van der Waals surface area contributed by atoms with E-state index in [-0.39, 0.29) is 29.5 Å². The topological polar surface area (TPSA) is 132 Å². The van der Waals surface area contributed by atoms with E-state index in [1.807, 2.05) is 6.92 Å². The first kappa shape index (κ1) is 30.6. The second kappa shape index (κ2) is 12.8. The number of aryl methyl sites for hydroxylation is 1. The van der Waals surface area contributed by atoms with E-state index < -0.39 is 32.1 Å². The summed E-state index contributed by atoms with van der Waals surface area (Å²) in [5, 5.41) is 2.74. The normalized spacial score (nSPS) is 17.4. The Morgan fingerprint density at radius 2 is 1.51 bits per heavy atom. The van der Waals surface area contributed by atoms with Crippen molar-refractivity contribution >= 4 is 31.6 Å². The standard InChI is InChI=1S/C30H35N3O8S2/c1-22-6-15-27-28(20-22)41-29(21-33(27)43(37,38)26-11-7-23(39-2)8-12-26)30(34)31-16-19-40-24-9-13-25(14-10-24)42(35,36)32-17-4-3-5-18-32/h6-15,20,29H,3-5,16-19,21H2,1-2H3,(H,31,34)/t29-/m1/s1. The number of hydrogen-bond donors (Lipinski definition) is 1. The molecule has 0 spiro atoms. The molecule has 0 unspecified atom stereocenters. The predicted octanol–water partition coefficient (Wildman–Crippen LogP) is 3.33. The Hall–Kier alpha value is -3.81. The van der Waals surface area contributed by atoms with Gasteiger partial charge < -0.3 is 19.5 Å². The molecule has 0 aromatic heterocycles. The highest BCUT2D eigenvalue weighted by atomic mass is 32.2. The number of nitrogens with one attached hydrogen (secondary N) is 1. The lowest BCUT2D eigenvalue weighted by Crippen LogP contribution is -2.51. The summed E-state index contributed by atoms with van der Waals surface area (Å²) in [6.45, 7) is 2.92. The number of benzene rings is 3. The summed E-state index contributed by atoms with van der Waals surface area (Å²) in [6.07, 6.45) is 1.67. The van der Waals surface area contributed by atoms with Crippen LogP contribution in [0.1, 0.15) is 24.8 Å². The Kier molecular flexibility index (Phi) is 9.13. The molecule has 0 saturated carbocycles. The molecule has 1 saturated heterocycles. The number of sulfonamides is 2. The molecule has 0 aliphatic carbocycles. The van der Waals surface area contributed by atoms with Crippen LogP contribution in [0, 0.1) is 6.92 Å². The molecule has 5 rings (SSSR count). The fourth-order valence-corrected chi connectivity index (χ4v) is 8.01. The van der Waals surface area contributed by atoms with Gasteiger partial charge in [0.1, 0.15) is 23.9 Å². The molecule has 2 heterocycles. The Bertz CT molecular complexity index is 1650. The van der Waals surface area contributed by atoms with Gasteiger partial charge >= 0.3 is 0 Å². The molecule has 1 N–H and O–H groups in total. The highest BCUT2D eigenvalue weighted by molar-refractivity contribution is 7.92. The number of carbonyl (C=O) groups excluding carboxylic acids is 1. The fraction of sp³-hybridized carbons (Fsp3) is 0.367. The molecule has 43 heavy (non-hydrogen) atoms. The van der Waals surface area contributed by atoms with Crippen molar-refractivity contribution in [3.8, 4) is 17.2 Å². The maximum Gasteiger partial charge on any atom is 0.264 e. The van der Waals surface area contributed by atoms with Crippen LogP contribution in [0.4, 0.5) is 5.69 Å². The molecule has 2 aliphatic rings. The number of piperidine rings is 1. The van der Waals surface area contributed by atoms with E-state index in [2.05, 4.69) is 5.32 Å². The largest absolute Gasteiger partial charge is 0.497 e. The summed E-state index contributed by atoms with van der Waals surface area (Å²) in [5.74, 6) is 0.782. The van der Waals surface area contributed by atoms with Gasteiger partial charge in [-0.15, -0.1) is 0 Å². The zero-order valence-electron chi connectivity index (χ0n) is 24.1. The van der Waals surface area contributed by atoms with Crippen molar-refractivity contribution < 1.29 is 35.8 Å². The molecule has 230 valence electrons. The number of amides is 1. The summed E-state index contributed by atoms with van der Waals surface area (Å²) >= 11 is 0. The molecule has 3 aromatic carbocycles. The summed E-state index contributed by atoms with van der Waals surface area (Å²) in [4.78, 5) is 13.4. The molecule has 2 aliphatic heterocycles. The summed E-state index contributed by atoms with van der Waals surface area (Å²) < 4.78 is 72.5. The molecule has 0 bridgehead atoms. The Balaban J connectivity index is 1.21. The number of methoxy groups -OCH3 is 1. The Morgan fingerprint density at radius 3 is 2.16 bits per heavy atom. The van der Waals surface area contributed by atoms with Crippen molar-refractivity contribution in [3.05, 3.63) is 72.3 Å². The first-order chi connectivity index (χ1) is 20.6. The smallest absolute Gasteiger partial charge is 0.264 e. The van der Waals surface area contributed by atoms with Crippen molar-refractivity contribution in [2.75, 3.05) is 44.2 Å². The molecular formula is C30H35N3O8S2. The van der Waals surface area contributed by atoms with E-state index in [1.54, 1.807) is 42.5 Å². The first-order valence-corrected chi connectivity index (χ1v) is 16.9. The SMILES string of the molecule is COc1ccc(S(=O)(=O)N2C[C@H](C(=O)NCCOc3ccc(S(=O)(=O)N4CCCCC4)cc3)Oc3cc(C)ccc32)cc1. The molecule has 1 amide bonds. The molecular weight excluding hydrogens is 594 g/mol. The lowest BCUT2D eigenvalue weighted by molar-refractivity contribution is -0.127. The Morgan fingerprint density at radius 1 is 0.884 bits per heavy atom. The van der Waals surface area contributed by atoms with Crippen LogP contribution >= 0.6 is 0 Å². The summed E-state index contributed by atoms with van der Waals surface area (Å²) in [6, 6.07) is 17.4. The second-order valence-corrected chi connectivity index (χ2v) is 14.2. The van der Waals surface area contributed by atoms with Crippen LogP contribution in [0.2, 0.25) is 0 Å². The number of anilines is 1. The van der Waals surface area contributed by atoms with E-state index in [4.69, 9.17) is 14.2 Å². The molecule has 1 atom stereocenters. The minimum atomic E-state index is -4.02. The highest BCUT2D eigenvalue weighted by Gasteiger charge is 2.37. The van der Waals surface area contributed by atoms with E-state index in [1.165, 1.54) is 40.0 Å². The van der Waals surface area contributed by atoms with Gasteiger partial charge in [-0.25, -0.2) is 16.8 Å². The maximum absolute atomic E-state index is 13.6. The first-order valence-electron chi connectivity index (χ1n) is 14.0. The molecule has 0 radical (unpaired) electrons. The third kappa shape index (κ3) is 6.73. The zero-order chi connectivity index (χ0) is 30.6. The lowest BCUT2D eigenvalue weighted by atomic mass is 10.1. The van der Waals surface area contributed by atoms with Crippen molar-refractivity contribution in [1.29, 1.82) is 0 Å².